The second kappa shape index (κ2) is 6.46. The van der Waals surface area contributed by atoms with E-state index in [2.05, 4.69) is 22.0 Å². The van der Waals surface area contributed by atoms with E-state index in [1.54, 1.807) is 0 Å². The van der Waals surface area contributed by atoms with Crippen LogP contribution in [0, 0.1) is 0 Å². The molecule has 0 unspecified atom stereocenters. The third-order valence-corrected chi connectivity index (χ3v) is 5.12. The van der Waals surface area contributed by atoms with Gasteiger partial charge in [0.05, 0.1) is 11.0 Å². The lowest BCUT2D eigenvalue weighted by Gasteiger charge is -2.32. The van der Waals surface area contributed by atoms with E-state index in [-0.39, 0.29) is 11.7 Å². The minimum Gasteiger partial charge on any atom is -0.306 e. The Labute approximate surface area is 145 Å². The second-order valence-corrected chi connectivity index (χ2v) is 6.89. The molecule has 0 aliphatic carbocycles. The number of nitrogens with zero attached hydrogens (tertiary/aromatic N) is 2. The number of benzene rings is 2. The number of nitrogens with one attached hydrogen (secondary N) is 1. The number of rotatable bonds is 3. The summed E-state index contributed by atoms with van der Waals surface area (Å²) in [5.74, 6) is 0. The monoisotopic (exact) mass is 341 g/mol. The van der Waals surface area contributed by atoms with E-state index in [4.69, 9.17) is 11.6 Å². The van der Waals surface area contributed by atoms with Crippen LogP contribution in [0.2, 0.25) is 5.02 Å². The molecule has 0 radical (unpaired) electrons. The molecule has 0 amide bonds. The molecule has 1 N–H and O–H groups in total. The Hall–Kier alpha value is -2.04. The highest BCUT2D eigenvalue weighted by Gasteiger charge is 2.23. The molecule has 24 heavy (non-hydrogen) atoms. The zero-order valence-electron chi connectivity index (χ0n) is 13.4. The van der Waals surface area contributed by atoms with E-state index in [9.17, 15) is 4.79 Å². The second-order valence-electron chi connectivity index (χ2n) is 6.45. The zero-order chi connectivity index (χ0) is 16.5. The summed E-state index contributed by atoms with van der Waals surface area (Å²) in [6.45, 7) is 2.94. The van der Waals surface area contributed by atoms with Crippen LogP contribution in [0.1, 0.15) is 24.4 Å². The Morgan fingerprint density at radius 2 is 1.75 bits per heavy atom. The highest BCUT2D eigenvalue weighted by Crippen LogP contribution is 2.25. The van der Waals surface area contributed by atoms with Gasteiger partial charge in [0.1, 0.15) is 0 Å². The number of imidazole rings is 1. The van der Waals surface area contributed by atoms with Crippen molar-refractivity contribution in [3.05, 3.63) is 69.6 Å². The Kier molecular flexibility index (Phi) is 4.17. The molecule has 4 nitrogen and oxygen atoms in total. The first-order valence-electron chi connectivity index (χ1n) is 8.37. The van der Waals surface area contributed by atoms with Crippen molar-refractivity contribution >= 4 is 22.6 Å². The standard InChI is InChI=1S/C19H20ClN3O/c20-15-7-5-14(6-8-15)13-22-11-9-16(10-12-22)23-18-4-2-1-3-17(18)21-19(23)24/h1-8,16H,9-13H2,(H,21,24). The lowest BCUT2D eigenvalue weighted by molar-refractivity contribution is 0.180. The van der Waals surface area contributed by atoms with Crippen LogP contribution in [0.3, 0.4) is 0 Å². The van der Waals surface area contributed by atoms with Gasteiger partial charge in [0, 0.05) is 30.7 Å². The average Bonchev–Trinajstić information content (AvgIpc) is 2.93. The summed E-state index contributed by atoms with van der Waals surface area (Å²) in [6.07, 6.45) is 1.99. The normalized spacial score (nSPS) is 16.7. The number of likely N-dealkylation sites (tertiary alicyclic amines) is 1. The quantitative estimate of drug-likeness (QED) is 0.786. The molecular formula is C19H20ClN3O. The van der Waals surface area contributed by atoms with Gasteiger partial charge in [-0.2, -0.15) is 0 Å². The third kappa shape index (κ3) is 2.99. The maximum absolute atomic E-state index is 12.3. The summed E-state index contributed by atoms with van der Waals surface area (Å²) < 4.78 is 1.94. The van der Waals surface area contributed by atoms with E-state index >= 15 is 0 Å². The summed E-state index contributed by atoms with van der Waals surface area (Å²) in [4.78, 5) is 17.7. The highest BCUT2D eigenvalue weighted by molar-refractivity contribution is 6.30. The summed E-state index contributed by atoms with van der Waals surface area (Å²) in [6, 6.07) is 16.2. The van der Waals surface area contributed by atoms with Crippen molar-refractivity contribution in [3.8, 4) is 0 Å². The molecule has 0 saturated carbocycles. The van der Waals surface area contributed by atoms with Gasteiger partial charge in [-0.25, -0.2) is 4.79 Å². The summed E-state index contributed by atoms with van der Waals surface area (Å²) in [5, 5.41) is 0.774. The van der Waals surface area contributed by atoms with Gasteiger partial charge in [-0.3, -0.25) is 9.47 Å². The molecule has 124 valence electrons. The molecule has 0 spiro atoms. The first-order valence-corrected chi connectivity index (χ1v) is 8.74. The van der Waals surface area contributed by atoms with Crippen LogP contribution in [0.15, 0.2) is 53.3 Å². The maximum Gasteiger partial charge on any atom is 0.326 e. The first-order chi connectivity index (χ1) is 11.7. The Morgan fingerprint density at radius 1 is 1.04 bits per heavy atom. The topological polar surface area (TPSA) is 41.0 Å². The molecule has 1 saturated heterocycles. The predicted octanol–water partition coefficient (Wildman–Crippen LogP) is 3.82. The molecule has 1 aliphatic rings. The average molecular weight is 342 g/mol. The molecule has 5 heteroatoms. The largest absolute Gasteiger partial charge is 0.326 e. The van der Waals surface area contributed by atoms with Crippen LogP contribution in [-0.4, -0.2) is 27.5 Å². The van der Waals surface area contributed by atoms with Crippen LogP contribution in [0.25, 0.3) is 11.0 Å². The lowest BCUT2D eigenvalue weighted by Crippen LogP contribution is -2.36. The number of para-hydroxylation sites is 2. The molecule has 1 aromatic heterocycles. The van der Waals surface area contributed by atoms with Gasteiger partial charge in [-0.15, -0.1) is 0 Å². The van der Waals surface area contributed by atoms with Gasteiger partial charge in [0.2, 0.25) is 0 Å². The molecule has 3 aromatic rings. The van der Waals surface area contributed by atoms with Gasteiger partial charge in [0.25, 0.3) is 0 Å². The number of fused-ring (bicyclic) bond motifs is 1. The Bertz CT molecular complexity index is 889. The van der Waals surface area contributed by atoms with Crippen molar-refractivity contribution in [3.63, 3.8) is 0 Å². The fraction of sp³-hybridized carbons (Fsp3) is 0.316. The number of piperidine rings is 1. The first kappa shape index (κ1) is 15.5. The highest BCUT2D eigenvalue weighted by atomic mass is 35.5. The number of halogens is 1. The molecule has 0 atom stereocenters. The fourth-order valence-electron chi connectivity index (χ4n) is 3.62. The molecule has 0 bridgehead atoms. The van der Waals surface area contributed by atoms with Gasteiger partial charge in [-0.05, 0) is 42.7 Å². The minimum absolute atomic E-state index is 0.00681. The summed E-state index contributed by atoms with van der Waals surface area (Å²) in [5.41, 5.74) is 3.22. The van der Waals surface area contributed by atoms with Crippen molar-refractivity contribution in [1.29, 1.82) is 0 Å². The van der Waals surface area contributed by atoms with E-state index in [1.807, 2.05) is 41.0 Å². The van der Waals surface area contributed by atoms with Crippen LogP contribution in [0.5, 0.6) is 0 Å². The number of hydrogen-bond donors (Lipinski definition) is 1. The van der Waals surface area contributed by atoms with Gasteiger partial charge >= 0.3 is 5.69 Å². The van der Waals surface area contributed by atoms with Crippen LogP contribution < -0.4 is 5.69 Å². The number of aromatic amines is 1. The smallest absolute Gasteiger partial charge is 0.306 e. The fourth-order valence-corrected chi connectivity index (χ4v) is 3.75. The van der Waals surface area contributed by atoms with Crippen LogP contribution in [-0.2, 0) is 6.54 Å². The van der Waals surface area contributed by atoms with Crippen molar-refractivity contribution in [2.75, 3.05) is 13.1 Å². The maximum atomic E-state index is 12.3. The molecule has 4 rings (SSSR count). The summed E-state index contributed by atoms with van der Waals surface area (Å²) in [7, 11) is 0. The van der Waals surface area contributed by atoms with Crippen LogP contribution in [0.4, 0.5) is 0 Å². The van der Waals surface area contributed by atoms with E-state index in [1.165, 1.54) is 5.56 Å². The van der Waals surface area contributed by atoms with Crippen molar-refractivity contribution < 1.29 is 0 Å². The molecular weight excluding hydrogens is 322 g/mol. The van der Waals surface area contributed by atoms with Gasteiger partial charge in [0.15, 0.2) is 0 Å². The zero-order valence-corrected chi connectivity index (χ0v) is 14.2. The third-order valence-electron chi connectivity index (χ3n) is 4.87. The molecule has 1 fully saturated rings. The van der Waals surface area contributed by atoms with E-state index in [0.717, 1.165) is 48.5 Å². The molecule has 2 heterocycles. The van der Waals surface area contributed by atoms with E-state index < -0.39 is 0 Å². The van der Waals surface area contributed by atoms with Crippen molar-refractivity contribution in [2.24, 2.45) is 0 Å². The predicted molar refractivity (Wildman–Crippen MR) is 97.6 cm³/mol. The number of aromatic nitrogens is 2. The Morgan fingerprint density at radius 3 is 2.50 bits per heavy atom. The summed E-state index contributed by atoms with van der Waals surface area (Å²) >= 11 is 5.94. The number of hydrogen-bond acceptors (Lipinski definition) is 2. The van der Waals surface area contributed by atoms with Gasteiger partial charge in [-0.1, -0.05) is 35.9 Å². The Balaban J connectivity index is 1.46. The van der Waals surface area contributed by atoms with Crippen molar-refractivity contribution in [1.82, 2.24) is 14.5 Å². The van der Waals surface area contributed by atoms with E-state index in [0.29, 0.717) is 0 Å². The molecule has 2 aromatic carbocycles. The lowest BCUT2D eigenvalue weighted by atomic mass is 10.0. The van der Waals surface area contributed by atoms with Crippen molar-refractivity contribution in [2.45, 2.75) is 25.4 Å². The minimum atomic E-state index is 0.00681. The van der Waals surface area contributed by atoms with Crippen LogP contribution >= 0.6 is 11.6 Å². The number of H-pyrrole nitrogens is 1. The SMILES string of the molecule is O=c1[nH]c2ccccc2n1C1CCN(Cc2ccc(Cl)cc2)CC1. The van der Waals surface area contributed by atoms with Gasteiger partial charge < -0.3 is 4.98 Å². The molecule has 1 aliphatic heterocycles.